The lowest BCUT2D eigenvalue weighted by Gasteiger charge is -2.20. The maximum Gasteiger partial charge on any atom is 0.335 e. The number of carbonyl (C=O) groups is 1. The number of unbranched alkanes of at least 4 members (excludes halogenated alkanes) is 1. The monoisotopic (exact) mass is 440 g/mol. The Labute approximate surface area is 181 Å². The highest BCUT2D eigenvalue weighted by atomic mass is 32.2. The molecule has 1 heterocycles. The lowest BCUT2D eigenvalue weighted by atomic mass is 10.1. The van der Waals surface area contributed by atoms with Crippen LogP contribution in [0.4, 0.5) is 11.4 Å². The first-order valence-corrected chi connectivity index (χ1v) is 11.3. The van der Waals surface area contributed by atoms with Gasteiger partial charge in [-0.05, 0) is 42.8 Å². The number of pyridine rings is 1. The molecular weight excluding hydrogens is 416 g/mol. The molecule has 0 spiro atoms. The molecule has 1 atom stereocenters. The fraction of sp³-hybridized carbons (Fsp3) is 0.182. The Balaban J connectivity index is 2.14. The van der Waals surface area contributed by atoms with E-state index in [-0.39, 0.29) is 16.2 Å². The molecule has 3 rings (SSSR count). The molecule has 0 bridgehead atoms. The summed E-state index contributed by atoms with van der Waals surface area (Å²) in [6, 6.07) is 14.7. The van der Waals surface area contributed by atoms with Crippen molar-refractivity contribution < 1.29 is 18.8 Å². The third kappa shape index (κ3) is 5.73. The second-order valence-electron chi connectivity index (χ2n) is 6.75. The van der Waals surface area contributed by atoms with E-state index in [1.54, 1.807) is 36.4 Å². The highest BCUT2D eigenvalue weighted by Crippen LogP contribution is 2.38. The molecule has 0 aliphatic carbocycles. The van der Waals surface area contributed by atoms with Crippen LogP contribution >= 0.6 is 0 Å². The second kappa shape index (κ2) is 9.94. The van der Waals surface area contributed by atoms with Crippen LogP contribution in [0.25, 0.3) is 0 Å². The molecule has 0 aliphatic rings. The summed E-state index contributed by atoms with van der Waals surface area (Å²) in [6.07, 6.45) is 4.80. The molecule has 1 aromatic heterocycles. The lowest BCUT2D eigenvalue weighted by Crippen LogP contribution is -2.15. The number of ether oxygens (including phenoxy) is 1. The van der Waals surface area contributed by atoms with E-state index in [1.165, 1.54) is 24.5 Å². The number of rotatable bonds is 10. The van der Waals surface area contributed by atoms with Crippen LogP contribution in [-0.4, -0.2) is 26.8 Å². The summed E-state index contributed by atoms with van der Waals surface area (Å²) in [5, 5.41) is 12.8. The molecule has 0 radical (unpaired) electrons. The summed E-state index contributed by atoms with van der Waals surface area (Å²) in [5.41, 5.74) is 0.691. The van der Waals surface area contributed by atoms with Gasteiger partial charge in [-0.3, -0.25) is 9.71 Å². The maximum absolute atomic E-state index is 13.5. The third-order valence-corrected chi connectivity index (χ3v) is 5.81. The Morgan fingerprint density at radius 2 is 1.87 bits per heavy atom. The highest BCUT2D eigenvalue weighted by molar-refractivity contribution is 7.93. The molecule has 8 nitrogen and oxygen atoms in total. The van der Waals surface area contributed by atoms with Crippen LogP contribution in [0.3, 0.4) is 0 Å². The van der Waals surface area contributed by atoms with E-state index < -0.39 is 15.9 Å². The summed E-state index contributed by atoms with van der Waals surface area (Å²) < 4.78 is 30.7. The average Bonchev–Trinajstić information content (AvgIpc) is 2.75. The number of hydrogen-bond donors (Lipinski definition) is 4. The third-order valence-electron chi connectivity index (χ3n) is 4.36. The summed E-state index contributed by atoms with van der Waals surface area (Å²) in [5.74, 6) is -0.566. The van der Waals surface area contributed by atoms with Gasteiger partial charge in [-0.1, -0.05) is 31.5 Å². The molecule has 0 fully saturated rings. The fourth-order valence-corrected chi connectivity index (χ4v) is 4.11. The molecule has 0 saturated heterocycles. The topological polar surface area (TPSA) is 124 Å². The zero-order valence-corrected chi connectivity index (χ0v) is 17.8. The van der Waals surface area contributed by atoms with Crippen LogP contribution in [0.1, 0.15) is 30.1 Å². The van der Waals surface area contributed by atoms with E-state index in [0.717, 1.165) is 12.8 Å². The van der Waals surface area contributed by atoms with Gasteiger partial charge in [-0.2, -0.15) is 0 Å². The first-order chi connectivity index (χ1) is 14.9. The molecule has 2 aromatic carbocycles. The van der Waals surface area contributed by atoms with Crippen LogP contribution in [0.2, 0.25) is 0 Å². The first-order valence-electron chi connectivity index (χ1n) is 9.75. The molecule has 1 unspecified atom stereocenters. The predicted molar refractivity (Wildman–Crippen MR) is 120 cm³/mol. The van der Waals surface area contributed by atoms with Crippen molar-refractivity contribution >= 4 is 27.3 Å². The van der Waals surface area contributed by atoms with Crippen molar-refractivity contribution in [2.24, 2.45) is 0 Å². The molecule has 0 amide bonds. The summed E-state index contributed by atoms with van der Waals surface area (Å²) in [6.45, 7) is 2.61. The van der Waals surface area contributed by atoms with Gasteiger partial charge in [0.1, 0.15) is 10.6 Å². The van der Waals surface area contributed by atoms with Gasteiger partial charge in [0.25, 0.3) is 0 Å². The van der Waals surface area contributed by atoms with E-state index >= 15 is 0 Å². The van der Waals surface area contributed by atoms with E-state index in [2.05, 4.69) is 15.0 Å². The van der Waals surface area contributed by atoms with Crippen LogP contribution in [0.5, 0.6) is 11.5 Å². The number of benzene rings is 2. The minimum Gasteiger partial charge on any atom is -0.478 e. The molecule has 9 heteroatoms. The van der Waals surface area contributed by atoms with Gasteiger partial charge in [-0.25, -0.2) is 13.8 Å². The van der Waals surface area contributed by atoms with Crippen molar-refractivity contribution in [1.29, 1.82) is 4.78 Å². The average molecular weight is 441 g/mol. The number of carboxylic acids is 1. The zero-order valence-electron chi connectivity index (χ0n) is 17.0. The molecule has 4 N–H and O–H groups in total. The quantitative estimate of drug-likeness (QED) is 0.321. The Kier molecular flexibility index (Phi) is 7.09. The summed E-state index contributed by atoms with van der Waals surface area (Å²) in [7, 11) is -3.68. The number of para-hydroxylation sites is 1. The zero-order chi connectivity index (χ0) is 22.3. The van der Waals surface area contributed by atoms with Crippen molar-refractivity contribution in [3.05, 3.63) is 72.6 Å². The number of nitrogens with one attached hydrogen (secondary N) is 3. The van der Waals surface area contributed by atoms with E-state index in [9.17, 15) is 14.1 Å². The lowest BCUT2D eigenvalue weighted by molar-refractivity contribution is 0.0696. The Bertz CT molecular complexity index is 1140. The van der Waals surface area contributed by atoms with Crippen molar-refractivity contribution in [3.8, 4) is 11.5 Å². The minimum atomic E-state index is -3.68. The van der Waals surface area contributed by atoms with Gasteiger partial charge in [0, 0.05) is 18.9 Å². The fourth-order valence-electron chi connectivity index (χ4n) is 2.82. The molecule has 3 aromatic rings. The molecule has 0 aliphatic heterocycles. The van der Waals surface area contributed by atoms with Gasteiger partial charge in [0.05, 0.1) is 16.9 Å². The van der Waals surface area contributed by atoms with Gasteiger partial charge in [0.15, 0.2) is 15.7 Å². The van der Waals surface area contributed by atoms with Crippen LogP contribution < -0.4 is 14.8 Å². The minimum absolute atomic E-state index is 0.0629. The van der Waals surface area contributed by atoms with Crippen molar-refractivity contribution in [1.82, 2.24) is 4.98 Å². The van der Waals surface area contributed by atoms with E-state index in [4.69, 9.17) is 9.52 Å². The maximum atomic E-state index is 13.5. The Morgan fingerprint density at radius 3 is 2.52 bits per heavy atom. The number of anilines is 2. The Hall–Kier alpha value is -3.59. The Morgan fingerprint density at radius 1 is 1.16 bits per heavy atom. The number of hydrogen-bond acceptors (Lipinski definition) is 6. The van der Waals surface area contributed by atoms with Crippen molar-refractivity contribution in [3.63, 3.8) is 0 Å². The molecule has 162 valence electrons. The first kappa shape index (κ1) is 22.1. The van der Waals surface area contributed by atoms with Crippen LogP contribution in [0.15, 0.2) is 71.9 Å². The number of nitrogens with zero attached hydrogens (tertiary/aromatic N) is 1. The van der Waals surface area contributed by atoms with Crippen molar-refractivity contribution in [2.45, 2.75) is 24.7 Å². The molecule has 0 saturated carbocycles. The SMILES string of the molecule is CCCCNc1cc(C(=O)O)cc(S(=N)(=O)Nc2ccncc2)c1Oc1ccccc1. The smallest absolute Gasteiger partial charge is 0.335 e. The largest absolute Gasteiger partial charge is 0.478 e. The van der Waals surface area contributed by atoms with Crippen molar-refractivity contribution in [2.75, 3.05) is 16.6 Å². The van der Waals surface area contributed by atoms with E-state index in [0.29, 0.717) is 23.7 Å². The molecule has 31 heavy (non-hydrogen) atoms. The predicted octanol–water partition coefficient (Wildman–Crippen LogP) is 5.22. The number of carboxylic acid groups (broad SMARTS) is 1. The number of aromatic carboxylic acids is 1. The summed E-state index contributed by atoms with van der Waals surface area (Å²) in [4.78, 5) is 15.6. The molecular formula is C22H24N4O4S. The second-order valence-corrected chi connectivity index (χ2v) is 8.50. The van der Waals surface area contributed by atoms with Gasteiger partial charge in [0.2, 0.25) is 0 Å². The summed E-state index contributed by atoms with van der Waals surface area (Å²) >= 11 is 0. The standard InChI is InChI=1S/C22H24N4O4S/c1-2-3-11-25-19-14-16(22(27)28)15-20(21(19)30-18-7-5-4-6-8-18)31(23,29)26-17-9-12-24-13-10-17/h4-10,12-15,25H,2-3,11H2,1H3,(H,27,28)(H2,23,24,26,29). The van der Waals surface area contributed by atoms with Crippen LogP contribution in [-0.2, 0) is 9.92 Å². The van der Waals surface area contributed by atoms with Gasteiger partial charge < -0.3 is 15.2 Å². The van der Waals surface area contributed by atoms with Gasteiger partial charge >= 0.3 is 5.97 Å². The number of aromatic nitrogens is 1. The normalized spacial score (nSPS) is 12.5. The van der Waals surface area contributed by atoms with Crippen LogP contribution in [0, 0.1) is 4.78 Å². The highest BCUT2D eigenvalue weighted by Gasteiger charge is 2.24. The van der Waals surface area contributed by atoms with Gasteiger partial charge in [-0.15, -0.1) is 0 Å². The van der Waals surface area contributed by atoms with E-state index in [1.807, 2.05) is 13.0 Å².